The molecule has 0 aliphatic rings. The van der Waals surface area contributed by atoms with Crippen molar-refractivity contribution in [1.82, 2.24) is 3.28 Å². The van der Waals surface area contributed by atoms with Crippen LogP contribution in [0.5, 0.6) is 0 Å². The number of rotatable bonds is 0. The smallest absolute Gasteiger partial charge is 0.0489 e. The van der Waals surface area contributed by atoms with Crippen molar-refractivity contribution in [2.75, 3.05) is 7.05 Å². The van der Waals surface area contributed by atoms with Crippen LogP contribution in [0, 0.1) is 0 Å². The summed E-state index contributed by atoms with van der Waals surface area (Å²) in [5.74, 6) is 0. The molecule has 0 unspecified atom stereocenters. The highest BCUT2D eigenvalue weighted by molar-refractivity contribution is 14.1. The molecule has 0 aromatic heterocycles. The third-order valence-corrected chi connectivity index (χ3v) is 0. The van der Waals surface area contributed by atoms with E-state index in [1.165, 1.54) is 0 Å². The minimum Gasteiger partial charge on any atom is -0.304 e. The second-order valence-corrected chi connectivity index (χ2v) is 1.84. The standard InChI is InChI=1S/CH4INO/c1-3(2)4/h4H,1H3. The van der Waals surface area contributed by atoms with Crippen molar-refractivity contribution >= 4 is 22.9 Å². The van der Waals surface area contributed by atoms with Gasteiger partial charge in [0.05, 0.1) is 0 Å². The first-order valence-electron chi connectivity index (χ1n) is 0.816. The van der Waals surface area contributed by atoms with E-state index in [0.717, 1.165) is 3.28 Å². The van der Waals surface area contributed by atoms with Crippen LogP contribution in [0.4, 0.5) is 0 Å². The number of nitrogens with zero attached hydrogens (tertiary/aromatic N) is 1. The van der Waals surface area contributed by atoms with Gasteiger partial charge in [-0.2, -0.15) is 0 Å². The largest absolute Gasteiger partial charge is 0.304 e. The molecule has 0 aliphatic heterocycles. The highest BCUT2D eigenvalue weighted by atomic mass is 127. The van der Waals surface area contributed by atoms with Gasteiger partial charge in [0.1, 0.15) is 0 Å². The Morgan fingerprint density at radius 1 is 2.00 bits per heavy atom. The molecular formula is CH4INO. The molecule has 0 aromatic carbocycles. The zero-order chi connectivity index (χ0) is 3.58. The van der Waals surface area contributed by atoms with E-state index in [1.807, 2.05) is 0 Å². The zero-order valence-corrected chi connectivity index (χ0v) is 4.43. The number of hydrogen-bond acceptors (Lipinski definition) is 2. The molecule has 0 rings (SSSR count). The van der Waals surface area contributed by atoms with Crippen molar-refractivity contribution < 1.29 is 5.21 Å². The van der Waals surface area contributed by atoms with Crippen LogP contribution in [0.2, 0.25) is 0 Å². The van der Waals surface area contributed by atoms with Crippen LogP contribution in [0.25, 0.3) is 0 Å². The number of hydroxylamine groups is 1. The third kappa shape index (κ3) is 17.1. The van der Waals surface area contributed by atoms with Crippen LogP contribution in [-0.4, -0.2) is 15.5 Å². The van der Waals surface area contributed by atoms with Crippen molar-refractivity contribution in [3.05, 3.63) is 0 Å². The minimum atomic E-state index is 0.970. The van der Waals surface area contributed by atoms with Crippen molar-refractivity contribution in [3.8, 4) is 0 Å². The Morgan fingerprint density at radius 2 is 2.00 bits per heavy atom. The fraction of sp³-hybridized carbons (Fsp3) is 1.00. The number of hydrogen-bond donors (Lipinski definition) is 1. The van der Waals surface area contributed by atoms with Gasteiger partial charge >= 0.3 is 0 Å². The molecule has 0 aromatic rings. The summed E-state index contributed by atoms with van der Waals surface area (Å²) >= 11 is 1.73. The lowest BCUT2D eigenvalue weighted by Gasteiger charge is -1.85. The van der Waals surface area contributed by atoms with E-state index in [4.69, 9.17) is 5.21 Å². The fourth-order valence-corrected chi connectivity index (χ4v) is 0. The van der Waals surface area contributed by atoms with Crippen LogP contribution in [-0.2, 0) is 0 Å². The molecule has 0 fully saturated rings. The molecule has 0 atom stereocenters. The molecule has 0 spiro atoms. The van der Waals surface area contributed by atoms with Crippen molar-refractivity contribution in [3.63, 3.8) is 0 Å². The minimum absolute atomic E-state index is 0.970. The Kier molecular flexibility index (Phi) is 2.24. The summed E-state index contributed by atoms with van der Waals surface area (Å²) in [5, 5.41) is 7.88. The topological polar surface area (TPSA) is 23.5 Å². The quantitative estimate of drug-likeness (QED) is 0.330. The van der Waals surface area contributed by atoms with Gasteiger partial charge in [-0.3, -0.25) is 0 Å². The van der Waals surface area contributed by atoms with Crippen LogP contribution < -0.4 is 0 Å². The first-order chi connectivity index (χ1) is 1.73. The van der Waals surface area contributed by atoms with Gasteiger partial charge in [-0.25, -0.2) is 0 Å². The Morgan fingerprint density at radius 3 is 2.00 bits per heavy atom. The van der Waals surface area contributed by atoms with Gasteiger partial charge in [-0.15, -0.1) is 3.28 Å². The molecule has 0 bridgehead atoms. The first kappa shape index (κ1) is 4.65. The summed E-state index contributed by atoms with van der Waals surface area (Å²) in [6.45, 7) is 0. The maximum Gasteiger partial charge on any atom is 0.0489 e. The van der Waals surface area contributed by atoms with Gasteiger partial charge in [0.15, 0.2) is 0 Å². The third-order valence-electron chi connectivity index (χ3n) is 0. The van der Waals surface area contributed by atoms with Gasteiger partial charge in [0.2, 0.25) is 0 Å². The van der Waals surface area contributed by atoms with E-state index in [1.54, 1.807) is 29.9 Å². The molecule has 0 aliphatic carbocycles. The molecule has 0 radical (unpaired) electrons. The first-order valence-corrected chi connectivity index (χ1v) is 1.78. The SMILES string of the molecule is CN(O)I. The summed E-state index contributed by atoms with van der Waals surface area (Å²) in [6.07, 6.45) is 0. The summed E-state index contributed by atoms with van der Waals surface area (Å²) in [5.41, 5.74) is 0. The normalized spacial score (nSPS) is 9.00. The molecule has 1 N–H and O–H groups in total. The summed E-state index contributed by atoms with van der Waals surface area (Å²) < 4.78 is 0.970. The zero-order valence-electron chi connectivity index (χ0n) is 2.27. The van der Waals surface area contributed by atoms with Gasteiger partial charge < -0.3 is 5.21 Å². The Bertz CT molecular complexity index is 12.8. The lowest BCUT2D eigenvalue weighted by Crippen LogP contribution is -1.89. The van der Waals surface area contributed by atoms with Gasteiger partial charge in [-0.1, -0.05) is 0 Å². The van der Waals surface area contributed by atoms with Crippen LogP contribution in [0.15, 0.2) is 0 Å². The molecule has 3 heteroatoms. The lowest BCUT2D eigenvalue weighted by molar-refractivity contribution is 0.0697. The van der Waals surface area contributed by atoms with Crippen molar-refractivity contribution in [1.29, 1.82) is 0 Å². The molecule has 2 nitrogen and oxygen atoms in total. The van der Waals surface area contributed by atoms with Crippen LogP contribution in [0.1, 0.15) is 0 Å². The van der Waals surface area contributed by atoms with E-state index >= 15 is 0 Å². The number of halogens is 1. The predicted octanol–water partition coefficient (Wildman–Crippen LogP) is 0.657. The molecular weight excluding hydrogens is 169 g/mol. The summed E-state index contributed by atoms with van der Waals surface area (Å²) in [6, 6.07) is 0. The van der Waals surface area contributed by atoms with E-state index in [2.05, 4.69) is 0 Å². The average Bonchev–Trinajstić information content (AvgIpc) is 0.811. The Balaban J connectivity index is 2.32. The van der Waals surface area contributed by atoms with Crippen LogP contribution >= 0.6 is 22.9 Å². The van der Waals surface area contributed by atoms with Gasteiger partial charge in [0, 0.05) is 29.9 Å². The molecule has 4 heavy (non-hydrogen) atoms. The Labute approximate surface area is 38.9 Å². The molecule has 0 saturated carbocycles. The van der Waals surface area contributed by atoms with E-state index in [-0.39, 0.29) is 0 Å². The molecule has 0 amide bonds. The summed E-state index contributed by atoms with van der Waals surface area (Å²) in [4.78, 5) is 0. The van der Waals surface area contributed by atoms with Crippen molar-refractivity contribution in [2.24, 2.45) is 0 Å². The van der Waals surface area contributed by atoms with Gasteiger partial charge in [-0.05, 0) is 0 Å². The maximum atomic E-state index is 7.88. The average molecular weight is 173 g/mol. The monoisotopic (exact) mass is 173 g/mol. The summed E-state index contributed by atoms with van der Waals surface area (Å²) in [7, 11) is 1.54. The highest BCUT2D eigenvalue weighted by Crippen LogP contribution is 1.78. The van der Waals surface area contributed by atoms with Gasteiger partial charge in [0.25, 0.3) is 0 Å². The fourth-order valence-electron chi connectivity index (χ4n) is 0. The van der Waals surface area contributed by atoms with E-state index in [0.29, 0.717) is 0 Å². The highest BCUT2D eigenvalue weighted by Gasteiger charge is 1.63. The Hall–Kier alpha value is 0.650. The van der Waals surface area contributed by atoms with Crippen LogP contribution in [0.3, 0.4) is 0 Å². The maximum absolute atomic E-state index is 7.88. The van der Waals surface area contributed by atoms with Crippen molar-refractivity contribution in [2.45, 2.75) is 0 Å². The predicted molar refractivity (Wildman–Crippen MR) is 23.6 cm³/mol. The second-order valence-electron chi connectivity index (χ2n) is 0.445. The van der Waals surface area contributed by atoms with E-state index < -0.39 is 0 Å². The molecule has 0 saturated heterocycles. The molecule has 0 heterocycles. The molecule has 26 valence electrons. The lowest BCUT2D eigenvalue weighted by atomic mass is 11.6. The van der Waals surface area contributed by atoms with E-state index in [9.17, 15) is 0 Å². The second kappa shape index (κ2) is 1.92.